The van der Waals surface area contributed by atoms with E-state index in [0.29, 0.717) is 10.6 Å². The van der Waals surface area contributed by atoms with E-state index < -0.39 is 5.97 Å². The zero-order chi connectivity index (χ0) is 14.0. The van der Waals surface area contributed by atoms with Gasteiger partial charge in [-0.15, -0.1) is 0 Å². The fourth-order valence-corrected chi connectivity index (χ4v) is 2.27. The second kappa shape index (κ2) is 5.33. The molecule has 0 spiro atoms. The van der Waals surface area contributed by atoms with Crippen molar-refractivity contribution in [2.75, 3.05) is 19.0 Å². The van der Waals surface area contributed by atoms with Crippen LogP contribution in [0.25, 0.3) is 11.1 Å². The first kappa shape index (κ1) is 13.4. The molecule has 0 saturated carbocycles. The van der Waals surface area contributed by atoms with Crippen molar-refractivity contribution >= 4 is 23.3 Å². The van der Waals surface area contributed by atoms with E-state index in [0.717, 1.165) is 11.3 Å². The Morgan fingerprint density at radius 1 is 1.16 bits per heavy atom. The fourth-order valence-electron chi connectivity index (χ4n) is 1.94. The quantitative estimate of drug-likeness (QED) is 0.927. The maximum absolute atomic E-state index is 11.4. The van der Waals surface area contributed by atoms with E-state index in [1.54, 1.807) is 6.07 Å². The Bertz CT molecular complexity index is 609. The average molecular weight is 276 g/mol. The number of hydrogen-bond donors (Lipinski definition) is 1. The van der Waals surface area contributed by atoms with Crippen LogP contribution in [0.1, 0.15) is 10.4 Å². The second-order valence-corrected chi connectivity index (χ2v) is 4.82. The summed E-state index contributed by atoms with van der Waals surface area (Å²) in [6, 6.07) is 12.7. The average Bonchev–Trinajstić information content (AvgIpc) is 2.38. The second-order valence-electron chi connectivity index (χ2n) is 4.41. The molecule has 0 saturated heterocycles. The van der Waals surface area contributed by atoms with E-state index in [-0.39, 0.29) is 5.56 Å². The topological polar surface area (TPSA) is 40.5 Å². The number of aromatic carboxylic acids is 1. The number of carboxylic acids is 1. The van der Waals surface area contributed by atoms with Crippen molar-refractivity contribution in [2.24, 2.45) is 0 Å². The molecule has 2 rings (SSSR count). The van der Waals surface area contributed by atoms with Gasteiger partial charge in [0.2, 0.25) is 0 Å². The van der Waals surface area contributed by atoms with E-state index >= 15 is 0 Å². The molecule has 3 nitrogen and oxygen atoms in total. The number of halogens is 1. The largest absolute Gasteiger partial charge is 0.478 e. The summed E-state index contributed by atoms with van der Waals surface area (Å²) >= 11 is 6.12. The summed E-state index contributed by atoms with van der Waals surface area (Å²) in [7, 11) is 3.74. The molecule has 0 unspecified atom stereocenters. The Hall–Kier alpha value is -2.00. The number of carbonyl (C=O) groups is 1. The molecule has 2 aromatic carbocycles. The minimum atomic E-state index is -0.981. The smallest absolute Gasteiger partial charge is 0.336 e. The van der Waals surface area contributed by atoms with Gasteiger partial charge in [0.25, 0.3) is 0 Å². The summed E-state index contributed by atoms with van der Waals surface area (Å²) in [6.45, 7) is 0. The zero-order valence-corrected chi connectivity index (χ0v) is 11.5. The van der Waals surface area contributed by atoms with Crippen molar-refractivity contribution in [3.63, 3.8) is 0 Å². The molecule has 1 N–H and O–H groups in total. The highest BCUT2D eigenvalue weighted by Crippen LogP contribution is 2.33. The third kappa shape index (κ3) is 2.71. The van der Waals surface area contributed by atoms with E-state index in [1.165, 1.54) is 6.07 Å². The van der Waals surface area contributed by atoms with Crippen LogP contribution in [0.15, 0.2) is 42.5 Å². The number of benzene rings is 2. The number of anilines is 1. The lowest BCUT2D eigenvalue weighted by molar-refractivity contribution is 0.0698. The van der Waals surface area contributed by atoms with Gasteiger partial charge in [-0.2, -0.15) is 0 Å². The van der Waals surface area contributed by atoms with Crippen LogP contribution < -0.4 is 4.90 Å². The van der Waals surface area contributed by atoms with Crippen LogP contribution in [0.4, 0.5) is 5.69 Å². The molecular weight excluding hydrogens is 262 g/mol. The van der Waals surface area contributed by atoms with Gasteiger partial charge < -0.3 is 10.0 Å². The molecule has 4 heteroatoms. The number of hydrogen-bond acceptors (Lipinski definition) is 2. The minimum Gasteiger partial charge on any atom is -0.478 e. The minimum absolute atomic E-state index is 0.210. The molecule has 0 radical (unpaired) electrons. The van der Waals surface area contributed by atoms with Gasteiger partial charge >= 0.3 is 5.97 Å². The number of carboxylic acid groups (broad SMARTS) is 1. The molecule has 0 bridgehead atoms. The van der Waals surface area contributed by atoms with E-state index in [4.69, 9.17) is 11.6 Å². The molecule has 0 aromatic heterocycles. The number of rotatable bonds is 3. The molecule has 0 aliphatic rings. The van der Waals surface area contributed by atoms with E-state index in [1.807, 2.05) is 49.3 Å². The Labute approximate surface area is 117 Å². The van der Waals surface area contributed by atoms with Crippen molar-refractivity contribution < 1.29 is 9.90 Å². The lowest BCUT2D eigenvalue weighted by atomic mass is 9.98. The van der Waals surface area contributed by atoms with Crippen LogP contribution in [0.2, 0.25) is 5.02 Å². The van der Waals surface area contributed by atoms with Gasteiger partial charge in [0, 0.05) is 14.1 Å². The molecule has 19 heavy (non-hydrogen) atoms. The highest BCUT2D eigenvalue weighted by molar-refractivity contribution is 6.33. The van der Waals surface area contributed by atoms with Crippen molar-refractivity contribution in [3.8, 4) is 11.1 Å². The van der Waals surface area contributed by atoms with Crippen LogP contribution in [0.3, 0.4) is 0 Å². The highest BCUT2D eigenvalue weighted by Gasteiger charge is 2.16. The molecular formula is C15H14ClNO2. The van der Waals surface area contributed by atoms with Gasteiger partial charge in [0.15, 0.2) is 0 Å². The summed E-state index contributed by atoms with van der Waals surface area (Å²) < 4.78 is 0. The summed E-state index contributed by atoms with van der Waals surface area (Å²) in [5.41, 5.74) is 2.54. The maximum Gasteiger partial charge on any atom is 0.336 e. The Morgan fingerprint density at radius 3 is 2.32 bits per heavy atom. The zero-order valence-electron chi connectivity index (χ0n) is 10.7. The third-order valence-electron chi connectivity index (χ3n) is 2.88. The van der Waals surface area contributed by atoms with Gasteiger partial charge in [-0.25, -0.2) is 4.79 Å². The van der Waals surface area contributed by atoms with Gasteiger partial charge in [0.1, 0.15) is 0 Å². The van der Waals surface area contributed by atoms with Crippen LogP contribution in [-0.4, -0.2) is 25.2 Å². The summed E-state index contributed by atoms with van der Waals surface area (Å²) in [6.07, 6.45) is 0. The van der Waals surface area contributed by atoms with E-state index in [2.05, 4.69) is 0 Å². The Balaban J connectivity index is 2.70. The standard InChI is InChI=1S/C15H14ClNO2/c1-17(2)14-9-11(10-6-4-3-5-7-10)12(15(18)19)8-13(14)16/h3-9H,1-2H3,(H,18,19). The lowest BCUT2D eigenvalue weighted by Crippen LogP contribution is -2.11. The molecule has 0 amide bonds. The van der Waals surface area contributed by atoms with Crippen LogP contribution in [-0.2, 0) is 0 Å². The van der Waals surface area contributed by atoms with Crippen LogP contribution in [0.5, 0.6) is 0 Å². The third-order valence-corrected chi connectivity index (χ3v) is 3.19. The predicted octanol–water partition coefficient (Wildman–Crippen LogP) is 3.77. The number of nitrogens with zero attached hydrogens (tertiary/aromatic N) is 1. The monoisotopic (exact) mass is 275 g/mol. The van der Waals surface area contributed by atoms with Gasteiger partial charge in [-0.1, -0.05) is 41.9 Å². The highest BCUT2D eigenvalue weighted by atomic mass is 35.5. The lowest BCUT2D eigenvalue weighted by Gasteiger charge is -2.17. The molecule has 0 atom stereocenters. The predicted molar refractivity (Wildman–Crippen MR) is 78.2 cm³/mol. The Kier molecular flexibility index (Phi) is 3.76. The van der Waals surface area contributed by atoms with Crippen molar-refractivity contribution in [3.05, 3.63) is 53.1 Å². The Morgan fingerprint density at radius 2 is 1.79 bits per heavy atom. The van der Waals surface area contributed by atoms with Crippen LogP contribution in [0, 0.1) is 0 Å². The first-order valence-corrected chi connectivity index (χ1v) is 6.18. The van der Waals surface area contributed by atoms with Gasteiger partial charge in [-0.3, -0.25) is 0 Å². The SMILES string of the molecule is CN(C)c1cc(-c2ccccc2)c(C(=O)O)cc1Cl. The fraction of sp³-hybridized carbons (Fsp3) is 0.133. The summed E-state index contributed by atoms with van der Waals surface area (Å²) in [5.74, 6) is -0.981. The maximum atomic E-state index is 11.4. The first-order valence-electron chi connectivity index (χ1n) is 5.80. The summed E-state index contributed by atoms with van der Waals surface area (Å²) in [4.78, 5) is 13.2. The molecule has 0 fully saturated rings. The summed E-state index contributed by atoms with van der Waals surface area (Å²) in [5, 5.41) is 9.74. The van der Waals surface area contributed by atoms with Crippen molar-refractivity contribution in [1.29, 1.82) is 0 Å². The molecule has 98 valence electrons. The molecule has 0 aliphatic carbocycles. The first-order chi connectivity index (χ1) is 9.00. The van der Waals surface area contributed by atoms with Gasteiger partial charge in [-0.05, 0) is 23.3 Å². The van der Waals surface area contributed by atoms with Crippen molar-refractivity contribution in [2.45, 2.75) is 0 Å². The molecule has 0 heterocycles. The molecule has 0 aliphatic heterocycles. The van der Waals surface area contributed by atoms with Crippen LogP contribution >= 0.6 is 11.6 Å². The normalized spacial score (nSPS) is 10.3. The van der Waals surface area contributed by atoms with E-state index in [9.17, 15) is 9.90 Å². The van der Waals surface area contributed by atoms with Crippen molar-refractivity contribution in [1.82, 2.24) is 0 Å². The molecule has 2 aromatic rings. The van der Waals surface area contributed by atoms with Gasteiger partial charge in [0.05, 0.1) is 16.3 Å².